The van der Waals surface area contributed by atoms with Gasteiger partial charge in [-0.1, -0.05) is 55.5 Å². The summed E-state index contributed by atoms with van der Waals surface area (Å²) in [6.07, 6.45) is -8.02. The molecule has 3 aromatic rings. The fourth-order valence-electron chi connectivity index (χ4n) is 6.29. The van der Waals surface area contributed by atoms with Crippen molar-refractivity contribution in [3.63, 3.8) is 0 Å². The molecule has 4 N–H and O–H groups in total. The monoisotopic (exact) mass is 757 g/mol. The molecule has 0 radical (unpaired) electrons. The van der Waals surface area contributed by atoms with Crippen LogP contribution in [0.15, 0.2) is 53.4 Å². The van der Waals surface area contributed by atoms with E-state index >= 15 is 0 Å². The molecule has 2 aliphatic heterocycles. The zero-order chi connectivity index (χ0) is 36.9. The highest BCUT2D eigenvalue weighted by molar-refractivity contribution is 7.89. The van der Waals surface area contributed by atoms with E-state index in [2.05, 4.69) is 20.9 Å². The van der Waals surface area contributed by atoms with Crippen molar-refractivity contribution in [3.8, 4) is 0 Å². The van der Waals surface area contributed by atoms with Gasteiger partial charge in [0.1, 0.15) is 6.10 Å². The van der Waals surface area contributed by atoms with Crippen LogP contribution in [0.2, 0.25) is 0 Å². The number of hydrogen-bond donors (Lipinski definition) is 4. The minimum Gasteiger partial charge on any atom is -0.446 e. The van der Waals surface area contributed by atoms with Gasteiger partial charge in [0.2, 0.25) is 10.0 Å². The molecule has 2 saturated heterocycles. The third kappa shape index (κ3) is 10.5. The number of hydrogen-bond acceptors (Lipinski definition) is 11. The summed E-state index contributed by atoms with van der Waals surface area (Å²) in [6, 6.07) is 12.2. The second-order valence-electron chi connectivity index (χ2n) is 13.7. The van der Waals surface area contributed by atoms with Crippen LogP contribution in [-0.4, -0.2) is 105 Å². The Bertz CT molecular complexity index is 1710. The second-order valence-corrected chi connectivity index (χ2v) is 16.6. The predicted molar refractivity (Wildman–Crippen MR) is 187 cm³/mol. The first-order chi connectivity index (χ1) is 24.1. The molecule has 6 atom stereocenters. The summed E-state index contributed by atoms with van der Waals surface area (Å²) in [5.74, 6) is -0.787. The number of alkyl halides is 3. The number of fused-ring (bicyclic) bond motifs is 2. The Morgan fingerprint density at radius 1 is 1.12 bits per heavy atom. The van der Waals surface area contributed by atoms with Crippen LogP contribution in [0.1, 0.15) is 39.7 Å². The van der Waals surface area contributed by atoms with E-state index in [0.29, 0.717) is 15.3 Å². The lowest BCUT2D eigenvalue weighted by molar-refractivity contribution is -0.181. The van der Waals surface area contributed by atoms with E-state index in [1.54, 1.807) is 24.3 Å². The Morgan fingerprint density at radius 3 is 2.55 bits per heavy atom. The van der Waals surface area contributed by atoms with E-state index < -0.39 is 65.3 Å². The molecule has 51 heavy (non-hydrogen) atoms. The minimum atomic E-state index is -4.44. The molecule has 17 heteroatoms. The lowest BCUT2D eigenvalue weighted by Gasteiger charge is -2.36. The summed E-state index contributed by atoms with van der Waals surface area (Å²) in [7, 11) is -4.11. The number of nitrogens with zero attached hydrogens (tertiary/aromatic N) is 2. The number of nitrogens with one attached hydrogen (secondary N) is 3. The molecule has 0 aliphatic carbocycles. The third-order valence-corrected chi connectivity index (χ3v) is 11.4. The number of thiazole rings is 1. The van der Waals surface area contributed by atoms with Crippen LogP contribution in [0.4, 0.5) is 23.1 Å². The van der Waals surface area contributed by atoms with Crippen molar-refractivity contribution in [2.24, 2.45) is 11.8 Å². The molecule has 2 aliphatic rings. The van der Waals surface area contributed by atoms with Crippen LogP contribution < -0.4 is 16.0 Å². The normalized spacial score (nSPS) is 22.3. The molecule has 282 valence electrons. The van der Waals surface area contributed by atoms with Crippen molar-refractivity contribution >= 4 is 42.8 Å². The fourth-order valence-corrected chi connectivity index (χ4v) is 9.06. The van der Waals surface area contributed by atoms with Crippen molar-refractivity contribution in [2.75, 3.05) is 38.2 Å². The van der Waals surface area contributed by atoms with Crippen molar-refractivity contribution in [3.05, 3.63) is 54.1 Å². The Hall–Kier alpha value is -3.06. The van der Waals surface area contributed by atoms with E-state index in [0.717, 1.165) is 5.56 Å². The lowest BCUT2D eigenvalue weighted by atomic mass is 9.91. The summed E-state index contributed by atoms with van der Waals surface area (Å²) < 4.78 is 86.0. The van der Waals surface area contributed by atoms with E-state index in [1.165, 1.54) is 21.7 Å². The Kier molecular flexibility index (Phi) is 12.8. The average molecular weight is 758 g/mol. The maximum Gasteiger partial charge on any atom is 0.407 e. The summed E-state index contributed by atoms with van der Waals surface area (Å²) in [4.78, 5) is 18.0. The molecular weight excluding hydrogens is 712 g/mol. The van der Waals surface area contributed by atoms with Gasteiger partial charge in [-0.15, -0.1) is 0 Å². The van der Waals surface area contributed by atoms with Crippen LogP contribution in [-0.2, 0) is 30.7 Å². The first-order valence-corrected chi connectivity index (χ1v) is 19.2. The highest BCUT2D eigenvalue weighted by Gasteiger charge is 2.48. The van der Waals surface area contributed by atoms with Crippen molar-refractivity contribution in [1.29, 1.82) is 0 Å². The first kappa shape index (κ1) is 39.2. The molecule has 0 spiro atoms. The van der Waals surface area contributed by atoms with Crippen LogP contribution in [0.25, 0.3) is 10.2 Å². The van der Waals surface area contributed by atoms with Gasteiger partial charge in [-0.2, -0.15) is 17.5 Å². The number of benzene rings is 2. The highest BCUT2D eigenvalue weighted by Crippen LogP contribution is 2.34. The van der Waals surface area contributed by atoms with Gasteiger partial charge in [0.05, 0.1) is 52.9 Å². The molecular formula is C34H46F3N5O7S2. The SMILES string of the molecule is CC(C)CN(C[C@@H](O)[C@H](Cc1ccccc1)NC(=O)O[C@H]1CCO[C@H]2OC[C@H](NCC(F)(F)F)[C@H]21)S(=O)(=O)c1ccc2nc(NC(C)C)sc2c1. The van der Waals surface area contributed by atoms with Gasteiger partial charge in [-0.25, -0.2) is 18.2 Å². The maximum atomic E-state index is 14.1. The van der Waals surface area contributed by atoms with Crippen LogP contribution in [0, 0.1) is 11.8 Å². The summed E-state index contributed by atoms with van der Waals surface area (Å²) in [5, 5.41) is 20.8. The molecule has 2 aromatic carbocycles. The number of ether oxygens (including phenoxy) is 3. The van der Waals surface area contributed by atoms with Crippen LogP contribution in [0.3, 0.4) is 0 Å². The molecule has 0 unspecified atom stereocenters. The molecule has 0 saturated carbocycles. The number of carbonyl (C=O) groups is 1. The van der Waals surface area contributed by atoms with Gasteiger partial charge < -0.3 is 35.3 Å². The molecule has 5 rings (SSSR count). The van der Waals surface area contributed by atoms with Crippen molar-refractivity contribution < 1.29 is 45.7 Å². The maximum absolute atomic E-state index is 14.1. The van der Waals surface area contributed by atoms with Gasteiger partial charge in [0.15, 0.2) is 11.4 Å². The molecule has 2 fully saturated rings. The molecule has 0 bridgehead atoms. The number of amides is 1. The van der Waals surface area contributed by atoms with E-state index in [1.807, 2.05) is 45.9 Å². The van der Waals surface area contributed by atoms with Crippen molar-refractivity contribution in [1.82, 2.24) is 19.9 Å². The number of anilines is 1. The quantitative estimate of drug-likeness (QED) is 0.171. The number of aliphatic hydroxyl groups is 1. The van der Waals surface area contributed by atoms with E-state index in [4.69, 9.17) is 14.2 Å². The first-order valence-electron chi connectivity index (χ1n) is 17.0. The Labute approximate surface area is 300 Å². The minimum absolute atomic E-state index is 0.0473. The molecule has 12 nitrogen and oxygen atoms in total. The van der Waals surface area contributed by atoms with Gasteiger partial charge in [0.25, 0.3) is 0 Å². The zero-order valence-corrected chi connectivity index (χ0v) is 30.6. The van der Waals surface area contributed by atoms with Crippen LogP contribution in [0.5, 0.6) is 0 Å². The number of carbonyl (C=O) groups excluding carboxylic acids is 1. The van der Waals surface area contributed by atoms with Gasteiger partial charge >= 0.3 is 12.3 Å². The topological polar surface area (TPSA) is 151 Å². The molecule has 1 aromatic heterocycles. The average Bonchev–Trinajstić information content (AvgIpc) is 3.66. The van der Waals surface area contributed by atoms with Gasteiger partial charge in [0, 0.05) is 31.6 Å². The van der Waals surface area contributed by atoms with E-state index in [9.17, 15) is 31.5 Å². The van der Waals surface area contributed by atoms with Gasteiger partial charge in [-0.3, -0.25) is 0 Å². The number of alkyl carbamates (subject to hydrolysis) is 1. The molecule has 1 amide bonds. The number of aliphatic hydroxyl groups excluding tert-OH is 1. The standard InChI is InChI=1S/C34H46F3N5O7S2/c1-20(2)16-42(51(45,46)23-10-11-24-29(15-23)50-32(40-24)39-21(3)4)17-27(43)25(14-22-8-6-5-7-9-22)41-33(44)49-28-12-13-47-31-30(28)26(18-48-31)38-19-34(35,36)37/h5-11,15,20-21,25-28,30-31,38,43H,12-14,16-19H2,1-4H3,(H,39,40)(H,41,44)/t25-,26-,27+,28-,30-,31-/m0/s1. The number of rotatable bonds is 15. The fraction of sp³-hybridized carbons (Fsp3) is 0.588. The second kappa shape index (κ2) is 16.7. The van der Waals surface area contributed by atoms with E-state index in [-0.39, 0.29) is 56.0 Å². The smallest absolute Gasteiger partial charge is 0.407 e. The number of aromatic nitrogens is 1. The summed E-state index contributed by atoms with van der Waals surface area (Å²) in [5.41, 5.74) is 1.43. The van der Waals surface area contributed by atoms with Crippen molar-refractivity contribution in [2.45, 2.75) is 88.2 Å². The number of halogens is 3. The zero-order valence-electron chi connectivity index (χ0n) is 28.9. The largest absolute Gasteiger partial charge is 0.446 e. The third-order valence-electron chi connectivity index (χ3n) is 8.59. The Morgan fingerprint density at radius 2 is 1.86 bits per heavy atom. The summed E-state index contributed by atoms with van der Waals surface area (Å²) in [6.45, 7) is 6.35. The highest BCUT2D eigenvalue weighted by atomic mass is 32.2. The van der Waals surface area contributed by atoms with Gasteiger partial charge in [-0.05, 0) is 49.9 Å². The van der Waals surface area contributed by atoms with Crippen LogP contribution >= 0.6 is 11.3 Å². The molecule has 3 heterocycles. The predicted octanol–water partition coefficient (Wildman–Crippen LogP) is 4.74. The summed E-state index contributed by atoms with van der Waals surface area (Å²) >= 11 is 1.35. The number of sulfonamides is 1. The lowest BCUT2D eigenvalue weighted by Crippen LogP contribution is -2.54. The Balaban J connectivity index is 1.34.